The molecule has 1 atom stereocenters. The van der Waals surface area contributed by atoms with Gasteiger partial charge in [0.15, 0.2) is 0 Å². The molecule has 0 aliphatic carbocycles. The number of imidazole rings is 1. The number of carbonyl (C=O) groups is 1. The zero-order chi connectivity index (χ0) is 13.7. The predicted octanol–water partition coefficient (Wildman–Crippen LogP) is 3.48. The molecule has 5 heteroatoms. The molecule has 0 fully saturated rings. The van der Waals surface area contributed by atoms with Gasteiger partial charge in [-0.05, 0) is 18.9 Å². The third-order valence-corrected chi connectivity index (χ3v) is 3.01. The lowest BCUT2D eigenvalue weighted by atomic mass is 10.1. The van der Waals surface area contributed by atoms with E-state index in [1.165, 1.54) is 0 Å². The maximum atomic E-state index is 11.9. The van der Waals surface area contributed by atoms with Crippen LogP contribution in [0.15, 0.2) is 42.9 Å². The zero-order valence-electron chi connectivity index (χ0n) is 11.7. The molecule has 0 bridgehead atoms. The lowest BCUT2D eigenvalue weighted by Crippen LogP contribution is -2.15. The summed E-state index contributed by atoms with van der Waals surface area (Å²) in [6.45, 7) is 4.44. The molecule has 0 aliphatic heterocycles. The van der Waals surface area contributed by atoms with Gasteiger partial charge in [0.1, 0.15) is 5.69 Å². The van der Waals surface area contributed by atoms with E-state index in [1.54, 1.807) is 12.5 Å². The van der Waals surface area contributed by atoms with Crippen molar-refractivity contribution in [3.63, 3.8) is 0 Å². The summed E-state index contributed by atoms with van der Waals surface area (Å²) in [4.78, 5) is 16.0. The van der Waals surface area contributed by atoms with Gasteiger partial charge in [-0.2, -0.15) is 0 Å². The van der Waals surface area contributed by atoms with Crippen molar-refractivity contribution in [2.75, 3.05) is 6.61 Å². The maximum Gasteiger partial charge on any atom is 0.356 e. The topological polar surface area (TPSA) is 44.1 Å². The van der Waals surface area contributed by atoms with Crippen molar-refractivity contribution in [3.8, 4) is 0 Å². The fourth-order valence-corrected chi connectivity index (χ4v) is 1.93. The number of ether oxygens (including phenoxy) is 1. The predicted molar refractivity (Wildman–Crippen MR) is 80.3 cm³/mol. The van der Waals surface area contributed by atoms with Crippen LogP contribution in [0.4, 0.5) is 0 Å². The van der Waals surface area contributed by atoms with E-state index in [0.29, 0.717) is 12.3 Å². The van der Waals surface area contributed by atoms with E-state index in [1.807, 2.05) is 48.7 Å². The van der Waals surface area contributed by atoms with Crippen LogP contribution in [-0.2, 0) is 4.74 Å². The van der Waals surface area contributed by atoms with Crippen molar-refractivity contribution in [3.05, 3.63) is 54.1 Å². The van der Waals surface area contributed by atoms with Crippen LogP contribution in [-0.4, -0.2) is 22.1 Å². The molecule has 0 N–H and O–H groups in total. The molecular formula is C15H19ClN2O2. The normalized spacial score (nSPS) is 11.5. The Morgan fingerprint density at radius 2 is 2.05 bits per heavy atom. The highest BCUT2D eigenvalue weighted by molar-refractivity contribution is 5.87. The molecule has 1 aromatic carbocycles. The summed E-state index contributed by atoms with van der Waals surface area (Å²) >= 11 is 0. The van der Waals surface area contributed by atoms with Gasteiger partial charge < -0.3 is 9.30 Å². The zero-order valence-corrected chi connectivity index (χ0v) is 12.5. The van der Waals surface area contributed by atoms with E-state index >= 15 is 0 Å². The molecule has 4 nitrogen and oxygen atoms in total. The monoisotopic (exact) mass is 294 g/mol. The first-order chi connectivity index (χ1) is 9.24. The number of benzene rings is 1. The van der Waals surface area contributed by atoms with E-state index in [2.05, 4.69) is 4.98 Å². The second-order valence-electron chi connectivity index (χ2n) is 4.41. The van der Waals surface area contributed by atoms with Crippen molar-refractivity contribution in [1.82, 2.24) is 9.55 Å². The van der Waals surface area contributed by atoms with Gasteiger partial charge in [0.25, 0.3) is 0 Å². The first-order valence-electron chi connectivity index (χ1n) is 6.48. The second kappa shape index (κ2) is 7.70. The van der Waals surface area contributed by atoms with E-state index in [-0.39, 0.29) is 24.4 Å². The maximum absolute atomic E-state index is 11.9. The molecule has 1 unspecified atom stereocenters. The highest BCUT2D eigenvalue weighted by Crippen LogP contribution is 2.19. The molecule has 1 heterocycles. The Bertz CT molecular complexity index is 540. The van der Waals surface area contributed by atoms with E-state index in [0.717, 1.165) is 12.0 Å². The van der Waals surface area contributed by atoms with Crippen molar-refractivity contribution in [1.29, 1.82) is 0 Å². The van der Waals surface area contributed by atoms with Crippen LogP contribution < -0.4 is 0 Å². The van der Waals surface area contributed by atoms with Crippen LogP contribution in [0.1, 0.15) is 42.4 Å². The Kier molecular flexibility index (Phi) is 6.25. The third kappa shape index (κ3) is 3.61. The van der Waals surface area contributed by atoms with Crippen LogP contribution in [0.3, 0.4) is 0 Å². The molecule has 0 saturated heterocycles. The van der Waals surface area contributed by atoms with Crippen molar-refractivity contribution in [2.45, 2.75) is 26.3 Å². The summed E-state index contributed by atoms with van der Waals surface area (Å²) in [6, 6.07) is 10.1. The Hall–Kier alpha value is -1.81. The summed E-state index contributed by atoms with van der Waals surface area (Å²) in [7, 11) is 0. The molecule has 2 rings (SSSR count). The van der Waals surface area contributed by atoms with Gasteiger partial charge in [0.05, 0.1) is 25.2 Å². The number of esters is 1. The number of aromatic nitrogens is 2. The highest BCUT2D eigenvalue weighted by atomic mass is 35.5. The Morgan fingerprint density at radius 3 is 2.70 bits per heavy atom. The fourth-order valence-electron chi connectivity index (χ4n) is 1.93. The van der Waals surface area contributed by atoms with Crippen LogP contribution in [0.2, 0.25) is 0 Å². The summed E-state index contributed by atoms with van der Waals surface area (Å²) in [5, 5.41) is 0. The molecule has 0 amide bonds. The largest absolute Gasteiger partial charge is 0.461 e. The first-order valence-corrected chi connectivity index (χ1v) is 6.48. The number of nitrogens with zero attached hydrogens (tertiary/aromatic N) is 2. The highest BCUT2D eigenvalue weighted by Gasteiger charge is 2.17. The number of hydrogen-bond donors (Lipinski definition) is 0. The molecule has 1 aromatic heterocycles. The Labute approximate surface area is 125 Å². The number of rotatable bonds is 5. The molecule has 108 valence electrons. The van der Waals surface area contributed by atoms with Gasteiger partial charge in [-0.25, -0.2) is 9.78 Å². The first kappa shape index (κ1) is 16.2. The summed E-state index contributed by atoms with van der Waals surface area (Å²) < 4.78 is 7.00. The Morgan fingerprint density at radius 1 is 1.35 bits per heavy atom. The van der Waals surface area contributed by atoms with Crippen LogP contribution in [0.5, 0.6) is 0 Å². The minimum absolute atomic E-state index is 0. The summed E-state index contributed by atoms with van der Waals surface area (Å²) in [6.07, 6.45) is 4.03. The van der Waals surface area contributed by atoms with Crippen LogP contribution >= 0.6 is 12.4 Å². The average molecular weight is 295 g/mol. The SMILES string of the molecule is CCCOC(=O)c1cncn1C(C)c1ccccc1.Cl. The molecule has 2 aromatic rings. The van der Waals surface area contributed by atoms with Crippen LogP contribution in [0.25, 0.3) is 0 Å². The van der Waals surface area contributed by atoms with Gasteiger partial charge >= 0.3 is 5.97 Å². The van der Waals surface area contributed by atoms with Gasteiger partial charge in [0.2, 0.25) is 0 Å². The van der Waals surface area contributed by atoms with E-state index < -0.39 is 0 Å². The summed E-state index contributed by atoms with van der Waals surface area (Å²) in [5.74, 6) is -0.317. The number of carbonyl (C=O) groups excluding carboxylic acids is 1. The standard InChI is InChI=1S/C15H18N2O2.ClH/c1-3-9-19-15(18)14-10-16-11-17(14)12(2)13-7-5-4-6-8-13;/h4-8,10-12H,3,9H2,1-2H3;1H. The lowest BCUT2D eigenvalue weighted by Gasteiger charge is -2.16. The lowest BCUT2D eigenvalue weighted by molar-refractivity contribution is 0.0491. The van der Waals surface area contributed by atoms with E-state index in [9.17, 15) is 4.79 Å². The van der Waals surface area contributed by atoms with Gasteiger partial charge in [-0.15, -0.1) is 12.4 Å². The smallest absolute Gasteiger partial charge is 0.356 e. The molecular weight excluding hydrogens is 276 g/mol. The van der Waals surface area contributed by atoms with Crippen LogP contribution in [0, 0.1) is 0 Å². The fraction of sp³-hybridized carbons (Fsp3) is 0.333. The number of halogens is 1. The van der Waals surface area contributed by atoms with E-state index in [4.69, 9.17) is 4.74 Å². The molecule has 0 radical (unpaired) electrons. The minimum Gasteiger partial charge on any atom is -0.461 e. The molecule has 0 aliphatic rings. The summed E-state index contributed by atoms with van der Waals surface area (Å²) in [5.41, 5.74) is 1.62. The van der Waals surface area contributed by atoms with Gasteiger partial charge in [-0.1, -0.05) is 37.3 Å². The quantitative estimate of drug-likeness (QED) is 0.793. The molecule has 20 heavy (non-hydrogen) atoms. The third-order valence-electron chi connectivity index (χ3n) is 3.01. The minimum atomic E-state index is -0.317. The number of hydrogen-bond acceptors (Lipinski definition) is 3. The van der Waals surface area contributed by atoms with Gasteiger partial charge in [0, 0.05) is 0 Å². The second-order valence-corrected chi connectivity index (χ2v) is 4.41. The van der Waals surface area contributed by atoms with Crippen molar-refractivity contribution < 1.29 is 9.53 Å². The van der Waals surface area contributed by atoms with Crippen molar-refractivity contribution in [2.24, 2.45) is 0 Å². The molecule has 0 spiro atoms. The Balaban J connectivity index is 0.00000200. The van der Waals surface area contributed by atoms with Gasteiger partial charge in [-0.3, -0.25) is 0 Å². The molecule has 0 saturated carbocycles. The van der Waals surface area contributed by atoms with Crippen molar-refractivity contribution >= 4 is 18.4 Å². The average Bonchev–Trinajstić information content (AvgIpc) is 2.94.